The summed E-state index contributed by atoms with van der Waals surface area (Å²) in [5.74, 6) is -0.505. The number of nitrogens with one attached hydrogen (secondary N) is 2. The van der Waals surface area contributed by atoms with E-state index < -0.39 is 5.91 Å². The number of carbonyl (C=O) groups excluding carboxylic acids is 1. The Bertz CT molecular complexity index is 697. The molecular weight excluding hydrogens is 340 g/mol. The van der Waals surface area contributed by atoms with Crippen molar-refractivity contribution in [3.63, 3.8) is 0 Å². The molecule has 2 rings (SSSR count). The zero-order valence-corrected chi connectivity index (χ0v) is 12.7. The van der Waals surface area contributed by atoms with Gasteiger partial charge in [0.1, 0.15) is 11.4 Å². The molecule has 0 aliphatic rings. The van der Waals surface area contributed by atoms with Crippen molar-refractivity contribution in [1.29, 1.82) is 0 Å². The summed E-state index contributed by atoms with van der Waals surface area (Å²) in [6.45, 7) is 1.34. The Morgan fingerprint density at radius 3 is 3.00 bits per heavy atom. The minimum absolute atomic E-state index is 0.0813. The van der Waals surface area contributed by atoms with E-state index in [4.69, 9.17) is 0 Å². The number of aromatic nitrogens is 2. The summed E-state index contributed by atoms with van der Waals surface area (Å²) in [5, 5.41) is 22.9. The van der Waals surface area contributed by atoms with Gasteiger partial charge in [0, 0.05) is 28.0 Å². The SMILES string of the molecule is Cc1ncc(CO)c(/C=N/NC(=O)c2cc(Br)c[nH]2)c1O. The number of hydrogen-bond donors (Lipinski definition) is 4. The van der Waals surface area contributed by atoms with E-state index in [2.05, 4.69) is 36.4 Å². The molecular formula is C13H13BrN4O3. The van der Waals surface area contributed by atoms with Gasteiger partial charge in [-0.25, -0.2) is 5.43 Å². The van der Waals surface area contributed by atoms with Gasteiger partial charge in [-0.1, -0.05) is 0 Å². The van der Waals surface area contributed by atoms with Gasteiger partial charge in [0.15, 0.2) is 0 Å². The Morgan fingerprint density at radius 1 is 1.62 bits per heavy atom. The van der Waals surface area contributed by atoms with Crippen molar-refractivity contribution in [1.82, 2.24) is 15.4 Å². The highest BCUT2D eigenvalue weighted by atomic mass is 79.9. The van der Waals surface area contributed by atoms with Gasteiger partial charge in [-0.15, -0.1) is 0 Å². The molecule has 0 spiro atoms. The third-order valence-corrected chi connectivity index (χ3v) is 3.24. The normalized spacial score (nSPS) is 11.0. The van der Waals surface area contributed by atoms with Gasteiger partial charge in [-0.05, 0) is 28.9 Å². The average molecular weight is 353 g/mol. The largest absolute Gasteiger partial charge is 0.505 e. The van der Waals surface area contributed by atoms with Gasteiger partial charge < -0.3 is 15.2 Å². The third kappa shape index (κ3) is 3.47. The molecule has 110 valence electrons. The van der Waals surface area contributed by atoms with E-state index in [9.17, 15) is 15.0 Å². The van der Waals surface area contributed by atoms with E-state index in [1.165, 1.54) is 12.4 Å². The van der Waals surface area contributed by atoms with Crippen LogP contribution in [0.2, 0.25) is 0 Å². The quantitative estimate of drug-likeness (QED) is 0.492. The number of amides is 1. The molecule has 0 unspecified atom stereocenters. The number of aromatic amines is 1. The van der Waals surface area contributed by atoms with E-state index in [1.807, 2.05) is 0 Å². The van der Waals surface area contributed by atoms with Crippen molar-refractivity contribution in [3.05, 3.63) is 45.4 Å². The molecule has 0 saturated heterocycles. The number of hydrogen-bond acceptors (Lipinski definition) is 5. The lowest BCUT2D eigenvalue weighted by atomic mass is 10.1. The van der Waals surface area contributed by atoms with Gasteiger partial charge in [0.2, 0.25) is 0 Å². The number of pyridine rings is 1. The van der Waals surface area contributed by atoms with Crippen LogP contribution < -0.4 is 5.43 Å². The molecule has 0 atom stereocenters. The number of hydrazone groups is 1. The highest BCUT2D eigenvalue weighted by molar-refractivity contribution is 9.10. The number of nitrogens with zero attached hydrogens (tertiary/aromatic N) is 2. The van der Waals surface area contributed by atoms with Gasteiger partial charge in [0.25, 0.3) is 5.91 Å². The minimum Gasteiger partial charge on any atom is -0.505 e. The topological polar surface area (TPSA) is 111 Å². The molecule has 0 saturated carbocycles. The Hall–Kier alpha value is -2.19. The van der Waals surface area contributed by atoms with Crippen molar-refractivity contribution in [2.24, 2.45) is 5.10 Å². The van der Waals surface area contributed by atoms with Crippen LogP contribution >= 0.6 is 15.9 Å². The number of H-pyrrole nitrogens is 1. The third-order valence-electron chi connectivity index (χ3n) is 2.78. The van der Waals surface area contributed by atoms with Crippen LogP contribution in [0.25, 0.3) is 0 Å². The lowest BCUT2D eigenvalue weighted by molar-refractivity contribution is 0.0950. The number of aryl methyl sites for hydroxylation is 1. The van der Waals surface area contributed by atoms with Crippen LogP contribution in [0.3, 0.4) is 0 Å². The van der Waals surface area contributed by atoms with E-state index in [-0.39, 0.29) is 12.4 Å². The van der Waals surface area contributed by atoms with Gasteiger partial charge in [-0.2, -0.15) is 5.10 Å². The molecule has 0 radical (unpaired) electrons. The summed E-state index contributed by atoms with van der Waals surface area (Å²) >= 11 is 3.22. The van der Waals surface area contributed by atoms with Crippen LogP contribution in [0.4, 0.5) is 0 Å². The van der Waals surface area contributed by atoms with Gasteiger partial charge in [-0.3, -0.25) is 9.78 Å². The van der Waals surface area contributed by atoms with E-state index in [0.717, 1.165) is 4.47 Å². The molecule has 0 aliphatic heterocycles. The van der Waals surface area contributed by atoms with Crippen molar-refractivity contribution < 1.29 is 15.0 Å². The first-order chi connectivity index (χ1) is 10.0. The van der Waals surface area contributed by atoms with Gasteiger partial charge >= 0.3 is 0 Å². The smallest absolute Gasteiger partial charge is 0.287 e. The first kappa shape index (κ1) is 15.2. The first-order valence-corrected chi connectivity index (χ1v) is 6.78. The number of aliphatic hydroxyl groups excluding tert-OH is 1. The van der Waals surface area contributed by atoms with Gasteiger partial charge in [0.05, 0.1) is 18.5 Å². The molecule has 1 amide bonds. The fourth-order valence-corrected chi connectivity index (χ4v) is 1.98. The fourth-order valence-electron chi connectivity index (χ4n) is 1.64. The van der Waals surface area contributed by atoms with Crippen LogP contribution in [-0.2, 0) is 6.61 Å². The van der Waals surface area contributed by atoms with Crippen molar-refractivity contribution in [3.8, 4) is 5.75 Å². The molecule has 8 heteroatoms. The monoisotopic (exact) mass is 352 g/mol. The van der Waals surface area contributed by atoms with E-state index in [1.54, 1.807) is 19.2 Å². The lowest BCUT2D eigenvalue weighted by Gasteiger charge is -2.06. The van der Waals surface area contributed by atoms with Crippen LogP contribution in [0.1, 0.15) is 27.3 Å². The van der Waals surface area contributed by atoms with Crippen molar-refractivity contribution in [2.45, 2.75) is 13.5 Å². The molecule has 0 fully saturated rings. The summed E-state index contributed by atoms with van der Waals surface area (Å²) in [5.41, 5.74) is 3.81. The Morgan fingerprint density at radius 2 is 2.38 bits per heavy atom. The summed E-state index contributed by atoms with van der Waals surface area (Å²) in [4.78, 5) is 18.5. The van der Waals surface area contributed by atoms with Crippen molar-refractivity contribution >= 4 is 28.1 Å². The van der Waals surface area contributed by atoms with Crippen LogP contribution in [0.15, 0.2) is 28.0 Å². The number of aliphatic hydroxyl groups is 1. The van der Waals surface area contributed by atoms with Crippen molar-refractivity contribution in [2.75, 3.05) is 0 Å². The summed E-state index contributed by atoms with van der Waals surface area (Å²) in [7, 11) is 0. The second-order valence-electron chi connectivity index (χ2n) is 4.22. The Labute approximate surface area is 128 Å². The van der Waals surface area contributed by atoms with Crippen LogP contribution in [-0.4, -0.2) is 32.3 Å². The number of rotatable bonds is 4. The molecule has 21 heavy (non-hydrogen) atoms. The van der Waals surface area contributed by atoms with Crippen LogP contribution in [0, 0.1) is 6.92 Å². The zero-order chi connectivity index (χ0) is 15.4. The maximum atomic E-state index is 11.8. The molecule has 7 nitrogen and oxygen atoms in total. The number of aromatic hydroxyl groups is 1. The molecule has 2 heterocycles. The molecule has 0 aliphatic carbocycles. The Balaban J connectivity index is 2.15. The molecule has 2 aromatic heterocycles. The highest BCUT2D eigenvalue weighted by Crippen LogP contribution is 2.21. The summed E-state index contributed by atoms with van der Waals surface area (Å²) in [6.07, 6.45) is 4.34. The molecule has 4 N–H and O–H groups in total. The van der Waals surface area contributed by atoms with Crippen LogP contribution in [0.5, 0.6) is 5.75 Å². The maximum Gasteiger partial charge on any atom is 0.287 e. The molecule has 0 bridgehead atoms. The van der Waals surface area contributed by atoms with E-state index in [0.29, 0.717) is 22.5 Å². The number of halogens is 1. The second-order valence-corrected chi connectivity index (χ2v) is 5.14. The standard InChI is InChI=1S/C13H13BrN4O3/c1-7-12(20)10(8(6-19)3-15-7)5-17-18-13(21)11-2-9(14)4-16-11/h2-5,16,19-20H,6H2,1H3,(H,18,21)/b17-5+. The predicted molar refractivity (Wildman–Crippen MR) is 80.1 cm³/mol. The first-order valence-electron chi connectivity index (χ1n) is 5.98. The second kappa shape index (κ2) is 6.51. The lowest BCUT2D eigenvalue weighted by Crippen LogP contribution is -2.18. The molecule has 2 aromatic rings. The Kier molecular flexibility index (Phi) is 4.71. The predicted octanol–water partition coefficient (Wildman–Crippen LogP) is 1.44. The van der Waals surface area contributed by atoms with E-state index >= 15 is 0 Å². The molecule has 0 aromatic carbocycles. The fraction of sp³-hybridized carbons (Fsp3) is 0.154. The maximum absolute atomic E-state index is 11.8. The minimum atomic E-state index is -0.423. The number of carbonyl (C=O) groups is 1. The summed E-state index contributed by atoms with van der Waals surface area (Å²) in [6, 6.07) is 1.61. The average Bonchev–Trinajstić information content (AvgIpc) is 2.90. The summed E-state index contributed by atoms with van der Waals surface area (Å²) < 4.78 is 0.751. The zero-order valence-electron chi connectivity index (χ0n) is 11.1. The highest BCUT2D eigenvalue weighted by Gasteiger charge is 2.10.